The van der Waals surface area contributed by atoms with E-state index in [-0.39, 0.29) is 23.2 Å². The van der Waals surface area contributed by atoms with Crippen LogP contribution in [0.3, 0.4) is 0 Å². The van der Waals surface area contributed by atoms with E-state index in [4.69, 9.17) is 4.42 Å². The highest BCUT2D eigenvalue weighted by Crippen LogP contribution is 2.57. The van der Waals surface area contributed by atoms with Crippen LogP contribution in [0.15, 0.2) is 45.6 Å². The average Bonchev–Trinajstić information content (AvgIpc) is 3.28. The smallest absolute Gasteiger partial charge is 0.307 e. The number of phenols is 3. The van der Waals surface area contributed by atoms with Gasteiger partial charge in [-0.1, -0.05) is 12.2 Å². The topological polar surface area (TPSA) is 128 Å². The number of carboxylic acids is 1. The summed E-state index contributed by atoms with van der Waals surface area (Å²) in [6.07, 6.45) is 4.62. The first-order valence-corrected chi connectivity index (χ1v) is 8.93. The highest BCUT2D eigenvalue weighted by molar-refractivity contribution is 5.95. The van der Waals surface area contributed by atoms with Gasteiger partial charge in [-0.05, 0) is 48.1 Å². The first-order valence-electron chi connectivity index (χ1n) is 8.93. The minimum atomic E-state index is -0.920. The lowest BCUT2D eigenvalue weighted by Gasteiger charge is -2.29. The highest BCUT2D eigenvalue weighted by atomic mass is 16.4. The SMILES string of the molecule is O=C(O)C1C2C=CC(C2)C1c1c2ccc(=O)c(O)c-2oc2c(O)c(O)ccc12. The summed E-state index contributed by atoms with van der Waals surface area (Å²) in [5, 5.41) is 40.8. The van der Waals surface area contributed by atoms with E-state index >= 15 is 0 Å². The molecule has 7 nitrogen and oxygen atoms in total. The molecule has 0 spiro atoms. The molecule has 4 atom stereocenters. The Hall–Kier alpha value is -3.48. The molecule has 5 rings (SSSR count). The van der Waals surface area contributed by atoms with Gasteiger partial charge in [-0.25, -0.2) is 0 Å². The van der Waals surface area contributed by atoms with Gasteiger partial charge in [0, 0.05) is 16.9 Å². The second kappa shape index (κ2) is 5.51. The third kappa shape index (κ3) is 2.04. The van der Waals surface area contributed by atoms with Crippen LogP contribution < -0.4 is 5.43 Å². The van der Waals surface area contributed by atoms with Gasteiger partial charge in [-0.15, -0.1) is 0 Å². The van der Waals surface area contributed by atoms with Gasteiger partial charge in [0.1, 0.15) is 0 Å². The fourth-order valence-corrected chi connectivity index (χ4v) is 4.90. The maximum atomic E-state index is 12.0. The number of allylic oxidation sites excluding steroid dienone is 2. The minimum Gasteiger partial charge on any atom is -0.504 e. The van der Waals surface area contributed by atoms with Gasteiger partial charge in [-0.3, -0.25) is 9.59 Å². The third-order valence-electron chi connectivity index (χ3n) is 6.07. The summed E-state index contributed by atoms with van der Waals surface area (Å²) in [5.41, 5.74) is 0.265. The summed E-state index contributed by atoms with van der Waals surface area (Å²) in [6.45, 7) is 0. The zero-order valence-electron chi connectivity index (χ0n) is 14.5. The third-order valence-corrected chi connectivity index (χ3v) is 6.07. The molecule has 1 aromatic rings. The second-order valence-electron chi connectivity index (χ2n) is 7.45. The fourth-order valence-electron chi connectivity index (χ4n) is 4.90. The van der Waals surface area contributed by atoms with Gasteiger partial charge in [0.25, 0.3) is 0 Å². The number of carbonyl (C=O) groups is 1. The van der Waals surface area contributed by atoms with Crippen LogP contribution in [0.2, 0.25) is 0 Å². The lowest BCUT2D eigenvalue weighted by atomic mass is 9.75. The molecule has 0 aromatic heterocycles. The van der Waals surface area contributed by atoms with Crippen LogP contribution in [0.4, 0.5) is 0 Å². The molecule has 28 heavy (non-hydrogen) atoms. The molecule has 1 aliphatic heterocycles. The largest absolute Gasteiger partial charge is 0.504 e. The number of aromatic hydroxyl groups is 3. The van der Waals surface area contributed by atoms with E-state index < -0.39 is 40.5 Å². The van der Waals surface area contributed by atoms with E-state index in [0.29, 0.717) is 22.9 Å². The molecule has 142 valence electrons. The molecule has 4 aliphatic rings. The van der Waals surface area contributed by atoms with Crippen molar-refractivity contribution in [2.24, 2.45) is 17.8 Å². The van der Waals surface area contributed by atoms with E-state index in [9.17, 15) is 30.0 Å². The fraction of sp³-hybridized carbons (Fsp3) is 0.238. The molecule has 4 unspecified atom stereocenters. The molecule has 3 aliphatic carbocycles. The number of fused-ring (bicyclic) bond motifs is 4. The van der Waals surface area contributed by atoms with Gasteiger partial charge < -0.3 is 24.8 Å². The van der Waals surface area contributed by atoms with Crippen LogP contribution in [0, 0.1) is 17.8 Å². The highest BCUT2D eigenvalue weighted by Gasteiger charge is 2.50. The Bertz CT molecular complexity index is 1210. The van der Waals surface area contributed by atoms with Crippen molar-refractivity contribution in [1.29, 1.82) is 0 Å². The maximum absolute atomic E-state index is 12.0. The normalized spacial score (nSPS) is 25.7. The van der Waals surface area contributed by atoms with E-state index in [1.54, 1.807) is 6.07 Å². The summed E-state index contributed by atoms with van der Waals surface area (Å²) in [7, 11) is 0. The molecular formula is C21H16O7. The molecule has 7 heteroatoms. The number of aliphatic carboxylic acids is 1. The number of carboxylic acid groups (broad SMARTS) is 1. The van der Waals surface area contributed by atoms with Crippen LogP contribution in [0.25, 0.3) is 22.3 Å². The quantitative estimate of drug-likeness (QED) is 0.306. The standard InChI is InChI=1S/C21H16O7/c22-12-5-3-10-16(14-8-1-2-9(7-8)15(14)21(26)27)11-4-6-13(23)18(25)20(11)28-19(10)17(12)24/h1-6,8-9,14-15,22,24-25H,7H2,(H,26,27). The Balaban J connectivity index is 1.93. The number of rotatable bonds is 2. The monoisotopic (exact) mass is 380 g/mol. The van der Waals surface area contributed by atoms with Crippen molar-refractivity contribution in [3.63, 3.8) is 0 Å². The predicted octanol–water partition coefficient (Wildman–Crippen LogP) is 3.00. The molecule has 1 fully saturated rings. The number of benzene rings is 2. The Morgan fingerprint density at radius 1 is 1.00 bits per heavy atom. The molecular weight excluding hydrogens is 364 g/mol. The summed E-state index contributed by atoms with van der Waals surface area (Å²) < 4.78 is 5.62. The number of hydrogen-bond acceptors (Lipinski definition) is 6. The second-order valence-corrected chi connectivity index (χ2v) is 7.45. The Kier molecular flexibility index (Phi) is 3.28. The maximum Gasteiger partial charge on any atom is 0.307 e. The molecule has 1 heterocycles. The average molecular weight is 380 g/mol. The van der Waals surface area contributed by atoms with Gasteiger partial charge in [0.05, 0.1) is 5.92 Å². The van der Waals surface area contributed by atoms with Crippen molar-refractivity contribution in [1.82, 2.24) is 0 Å². The number of phenolic OH excluding ortho intramolecular Hbond substituents is 3. The molecule has 2 bridgehead atoms. The molecule has 1 saturated carbocycles. The van der Waals surface area contributed by atoms with Crippen LogP contribution in [-0.4, -0.2) is 26.4 Å². The lowest BCUT2D eigenvalue weighted by molar-refractivity contribution is -0.143. The van der Waals surface area contributed by atoms with Crippen molar-refractivity contribution < 1.29 is 29.6 Å². The van der Waals surface area contributed by atoms with Gasteiger partial charge in [0.15, 0.2) is 17.1 Å². The summed E-state index contributed by atoms with van der Waals surface area (Å²) in [5.74, 6) is -3.83. The van der Waals surface area contributed by atoms with Crippen LogP contribution in [0.1, 0.15) is 17.9 Å². The zero-order chi connectivity index (χ0) is 19.7. The molecule has 0 amide bonds. The van der Waals surface area contributed by atoms with Crippen molar-refractivity contribution in [2.45, 2.75) is 12.3 Å². The van der Waals surface area contributed by atoms with Crippen molar-refractivity contribution in [3.05, 3.63) is 52.2 Å². The van der Waals surface area contributed by atoms with Crippen molar-refractivity contribution >= 4 is 16.9 Å². The first kappa shape index (κ1) is 16.7. The Morgan fingerprint density at radius 2 is 1.75 bits per heavy atom. The molecule has 1 aromatic carbocycles. The Labute approximate surface area is 158 Å². The van der Waals surface area contributed by atoms with E-state index in [2.05, 4.69) is 0 Å². The van der Waals surface area contributed by atoms with E-state index in [0.717, 1.165) is 0 Å². The van der Waals surface area contributed by atoms with Crippen LogP contribution in [-0.2, 0) is 4.79 Å². The van der Waals surface area contributed by atoms with Crippen molar-refractivity contribution in [3.8, 4) is 28.6 Å². The van der Waals surface area contributed by atoms with Crippen molar-refractivity contribution in [2.75, 3.05) is 0 Å². The Morgan fingerprint density at radius 3 is 2.50 bits per heavy atom. The molecule has 4 N–H and O–H groups in total. The minimum absolute atomic E-state index is 0.0232. The van der Waals surface area contributed by atoms with Gasteiger partial charge in [0.2, 0.25) is 16.9 Å². The number of hydrogen-bond donors (Lipinski definition) is 4. The summed E-state index contributed by atoms with van der Waals surface area (Å²) >= 11 is 0. The predicted molar refractivity (Wildman–Crippen MR) is 98.7 cm³/mol. The first-order chi connectivity index (χ1) is 13.4. The zero-order valence-corrected chi connectivity index (χ0v) is 14.5. The summed E-state index contributed by atoms with van der Waals surface area (Å²) in [6, 6.07) is 5.58. The van der Waals surface area contributed by atoms with Crippen LogP contribution >= 0.6 is 0 Å². The van der Waals surface area contributed by atoms with E-state index in [1.165, 1.54) is 18.2 Å². The lowest BCUT2D eigenvalue weighted by Crippen LogP contribution is -2.26. The van der Waals surface area contributed by atoms with Gasteiger partial charge >= 0.3 is 5.97 Å². The van der Waals surface area contributed by atoms with Gasteiger partial charge in [-0.2, -0.15) is 0 Å². The van der Waals surface area contributed by atoms with E-state index in [1.807, 2.05) is 12.2 Å². The summed E-state index contributed by atoms with van der Waals surface area (Å²) in [4.78, 5) is 24.0. The molecule has 0 saturated heterocycles. The molecule has 0 radical (unpaired) electrons. The van der Waals surface area contributed by atoms with Crippen LogP contribution in [0.5, 0.6) is 17.2 Å².